The lowest BCUT2D eigenvalue weighted by atomic mass is 10.2. The molecule has 1 aliphatic heterocycles. The lowest BCUT2D eigenvalue weighted by Crippen LogP contribution is -2.46. The van der Waals surface area contributed by atoms with Gasteiger partial charge in [0.15, 0.2) is 0 Å². The smallest absolute Gasteiger partial charge is 0.323 e. The van der Waals surface area contributed by atoms with Gasteiger partial charge in [0.2, 0.25) is 0 Å². The summed E-state index contributed by atoms with van der Waals surface area (Å²) in [7, 11) is 1.52. The number of ether oxygens (including phenoxy) is 1. The Balaban J connectivity index is 2.50. The number of carbonyl (C=O) groups is 1. The van der Waals surface area contributed by atoms with Crippen LogP contribution in [0.1, 0.15) is 6.42 Å². The monoisotopic (exact) mass is 246 g/mol. The summed E-state index contributed by atoms with van der Waals surface area (Å²) in [4.78, 5) is 15.2. The number of rotatable bonds is 6. The summed E-state index contributed by atoms with van der Waals surface area (Å²) in [6, 6.07) is -0.561. The van der Waals surface area contributed by atoms with Gasteiger partial charge < -0.3 is 14.9 Å². The average molecular weight is 246 g/mol. The largest absolute Gasteiger partial charge is 0.480 e. The second kappa shape index (κ2) is 7.60. The van der Waals surface area contributed by atoms with E-state index in [0.29, 0.717) is 13.1 Å². The molecule has 0 bridgehead atoms. The van der Waals surface area contributed by atoms with E-state index in [1.165, 1.54) is 7.11 Å². The van der Waals surface area contributed by atoms with Crippen molar-refractivity contribution in [1.29, 1.82) is 0 Å². The third-order valence-electron chi connectivity index (χ3n) is 3.09. The Morgan fingerprint density at radius 3 is 2.71 bits per heavy atom. The van der Waals surface area contributed by atoms with E-state index in [2.05, 4.69) is 4.90 Å². The molecule has 1 saturated heterocycles. The molecule has 6 heteroatoms. The highest BCUT2D eigenvalue weighted by molar-refractivity contribution is 5.73. The summed E-state index contributed by atoms with van der Waals surface area (Å²) in [5.41, 5.74) is 0. The van der Waals surface area contributed by atoms with E-state index in [0.717, 1.165) is 26.1 Å². The van der Waals surface area contributed by atoms with Gasteiger partial charge in [-0.05, 0) is 13.0 Å². The minimum atomic E-state index is -0.831. The van der Waals surface area contributed by atoms with E-state index in [1.807, 2.05) is 4.90 Å². The summed E-state index contributed by atoms with van der Waals surface area (Å²) in [5.74, 6) is -0.831. The maximum Gasteiger partial charge on any atom is 0.323 e. The van der Waals surface area contributed by atoms with Crippen LogP contribution in [-0.4, -0.2) is 85.1 Å². The predicted molar refractivity (Wildman–Crippen MR) is 63.0 cm³/mol. The molecule has 0 spiro atoms. The normalized spacial score (nSPS) is 21.1. The summed E-state index contributed by atoms with van der Waals surface area (Å²) in [6.45, 7) is 4.22. The number of nitrogens with zero attached hydrogens (tertiary/aromatic N) is 2. The van der Waals surface area contributed by atoms with Crippen molar-refractivity contribution in [2.24, 2.45) is 0 Å². The molecule has 100 valence electrons. The zero-order valence-corrected chi connectivity index (χ0v) is 10.3. The number of β-amino-alcohol motifs (C(OH)–C–C–N with tert-alkyl or cyclic N) is 1. The van der Waals surface area contributed by atoms with Gasteiger partial charge in [-0.1, -0.05) is 0 Å². The quantitative estimate of drug-likeness (QED) is 0.632. The lowest BCUT2D eigenvalue weighted by Gasteiger charge is -2.26. The highest BCUT2D eigenvalue weighted by Crippen LogP contribution is 2.08. The Labute approximate surface area is 102 Å². The number of aliphatic carboxylic acids is 1. The van der Waals surface area contributed by atoms with Gasteiger partial charge in [0.05, 0.1) is 13.2 Å². The number of hydrogen-bond donors (Lipinski definition) is 2. The third kappa shape index (κ3) is 4.59. The molecule has 6 nitrogen and oxygen atoms in total. The highest BCUT2D eigenvalue weighted by atomic mass is 16.5. The standard InChI is InChI=1S/C11H22N2O4/c1-17-9-10(11(15)16)13-4-2-3-12(5-6-13)7-8-14/h10,14H,2-9H2,1H3,(H,15,16). The predicted octanol–water partition coefficient (Wildman–Crippen LogP) is -0.914. The van der Waals surface area contributed by atoms with Crippen LogP contribution in [0.25, 0.3) is 0 Å². The Kier molecular flexibility index (Phi) is 6.43. The van der Waals surface area contributed by atoms with E-state index in [9.17, 15) is 4.79 Å². The van der Waals surface area contributed by atoms with Gasteiger partial charge in [0.25, 0.3) is 0 Å². The Hall–Kier alpha value is -0.690. The fourth-order valence-electron chi connectivity index (χ4n) is 2.16. The zero-order valence-electron chi connectivity index (χ0n) is 10.3. The Bertz CT molecular complexity index is 238. The van der Waals surface area contributed by atoms with Crippen molar-refractivity contribution in [3.8, 4) is 0 Å². The van der Waals surface area contributed by atoms with Crippen LogP contribution < -0.4 is 0 Å². The topological polar surface area (TPSA) is 73.2 Å². The summed E-state index contributed by atoms with van der Waals surface area (Å²) in [6.07, 6.45) is 0.924. The first-order valence-electron chi connectivity index (χ1n) is 5.98. The van der Waals surface area contributed by atoms with Gasteiger partial charge in [-0.25, -0.2) is 0 Å². The molecule has 1 atom stereocenters. The highest BCUT2D eigenvalue weighted by Gasteiger charge is 2.27. The summed E-state index contributed by atoms with van der Waals surface area (Å²) in [5, 5.41) is 18.0. The molecule has 0 saturated carbocycles. The minimum Gasteiger partial charge on any atom is -0.480 e. The second-order valence-electron chi connectivity index (χ2n) is 4.26. The Morgan fingerprint density at radius 1 is 1.35 bits per heavy atom. The zero-order chi connectivity index (χ0) is 12.7. The maximum absolute atomic E-state index is 11.1. The number of aliphatic hydroxyl groups is 1. The minimum absolute atomic E-state index is 0.153. The average Bonchev–Trinajstić information content (AvgIpc) is 2.52. The van der Waals surface area contributed by atoms with Gasteiger partial charge in [0, 0.05) is 33.3 Å². The second-order valence-corrected chi connectivity index (χ2v) is 4.26. The van der Waals surface area contributed by atoms with Crippen molar-refractivity contribution in [1.82, 2.24) is 9.80 Å². The van der Waals surface area contributed by atoms with Gasteiger partial charge in [-0.2, -0.15) is 0 Å². The number of hydrogen-bond acceptors (Lipinski definition) is 5. The molecular weight excluding hydrogens is 224 g/mol. The van der Waals surface area contributed by atoms with E-state index in [-0.39, 0.29) is 13.2 Å². The fourth-order valence-corrected chi connectivity index (χ4v) is 2.16. The van der Waals surface area contributed by atoms with Crippen molar-refractivity contribution in [2.45, 2.75) is 12.5 Å². The number of aliphatic hydroxyl groups excluding tert-OH is 1. The van der Waals surface area contributed by atoms with Gasteiger partial charge in [-0.15, -0.1) is 0 Å². The van der Waals surface area contributed by atoms with E-state index < -0.39 is 12.0 Å². The molecule has 0 aliphatic carbocycles. The van der Waals surface area contributed by atoms with Crippen LogP contribution in [0.3, 0.4) is 0 Å². The van der Waals surface area contributed by atoms with Crippen LogP contribution in [-0.2, 0) is 9.53 Å². The van der Waals surface area contributed by atoms with E-state index in [4.69, 9.17) is 14.9 Å². The van der Waals surface area contributed by atoms with Crippen molar-refractivity contribution < 1.29 is 19.7 Å². The molecule has 1 aliphatic rings. The number of methoxy groups -OCH3 is 1. The van der Waals surface area contributed by atoms with Gasteiger partial charge in [-0.3, -0.25) is 14.6 Å². The van der Waals surface area contributed by atoms with Crippen LogP contribution >= 0.6 is 0 Å². The number of carboxylic acid groups (broad SMARTS) is 1. The van der Waals surface area contributed by atoms with Crippen LogP contribution in [0.15, 0.2) is 0 Å². The van der Waals surface area contributed by atoms with Gasteiger partial charge >= 0.3 is 5.97 Å². The van der Waals surface area contributed by atoms with E-state index in [1.54, 1.807) is 0 Å². The fraction of sp³-hybridized carbons (Fsp3) is 0.909. The van der Waals surface area contributed by atoms with E-state index >= 15 is 0 Å². The van der Waals surface area contributed by atoms with Crippen molar-refractivity contribution in [3.63, 3.8) is 0 Å². The van der Waals surface area contributed by atoms with Crippen LogP contribution in [0.4, 0.5) is 0 Å². The molecule has 1 heterocycles. The first kappa shape index (κ1) is 14.4. The SMILES string of the molecule is COCC(C(=O)O)N1CCCN(CCO)CC1. The van der Waals surface area contributed by atoms with Crippen molar-refractivity contribution >= 4 is 5.97 Å². The molecule has 0 aromatic rings. The summed E-state index contributed by atoms with van der Waals surface area (Å²) >= 11 is 0. The molecule has 2 N–H and O–H groups in total. The molecule has 0 radical (unpaired) electrons. The molecule has 0 aromatic heterocycles. The molecule has 1 unspecified atom stereocenters. The van der Waals surface area contributed by atoms with Crippen molar-refractivity contribution in [2.75, 3.05) is 53.0 Å². The molecule has 1 rings (SSSR count). The maximum atomic E-state index is 11.1. The Morgan fingerprint density at radius 2 is 2.12 bits per heavy atom. The van der Waals surface area contributed by atoms with Crippen LogP contribution in [0.5, 0.6) is 0 Å². The lowest BCUT2D eigenvalue weighted by molar-refractivity contribution is -0.145. The van der Waals surface area contributed by atoms with Crippen molar-refractivity contribution in [3.05, 3.63) is 0 Å². The third-order valence-corrected chi connectivity index (χ3v) is 3.09. The number of carboxylic acids is 1. The molecule has 0 amide bonds. The molecule has 1 fully saturated rings. The molecule has 0 aromatic carbocycles. The summed E-state index contributed by atoms with van der Waals surface area (Å²) < 4.78 is 4.96. The first-order valence-corrected chi connectivity index (χ1v) is 5.98. The molecular formula is C11H22N2O4. The van der Waals surface area contributed by atoms with Crippen LogP contribution in [0, 0.1) is 0 Å². The van der Waals surface area contributed by atoms with Crippen LogP contribution in [0.2, 0.25) is 0 Å². The molecule has 17 heavy (non-hydrogen) atoms. The first-order chi connectivity index (χ1) is 8.19. The van der Waals surface area contributed by atoms with Gasteiger partial charge in [0.1, 0.15) is 6.04 Å².